The summed E-state index contributed by atoms with van der Waals surface area (Å²) in [6, 6.07) is 0. The van der Waals surface area contributed by atoms with Gasteiger partial charge >= 0.3 is 5.97 Å². The summed E-state index contributed by atoms with van der Waals surface area (Å²) in [5, 5.41) is 11.5. The molecule has 2 N–H and O–H groups in total. The summed E-state index contributed by atoms with van der Waals surface area (Å²) in [5.41, 5.74) is 1.23. The number of amides is 1. The van der Waals surface area contributed by atoms with Crippen molar-refractivity contribution in [1.29, 1.82) is 0 Å². The number of carbonyl (C=O) groups is 2. The minimum atomic E-state index is -0.992. The largest absolute Gasteiger partial charge is 0.480 e. The molecule has 100 valence electrons. The van der Waals surface area contributed by atoms with Crippen molar-refractivity contribution in [2.24, 2.45) is 0 Å². The van der Waals surface area contributed by atoms with Crippen LogP contribution in [0.25, 0.3) is 0 Å². The molecule has 0 unspecified atom stereocenters. The Bertz CT molecular complexity index is 399. The molecular formula is C14H21NO3. The monoisotopic (exact) mass is 251 g/mol. The second-order valence-corrected chi connectivity index (χ2v) is 5.19. The Morgan fingerprint density at radius 1 is 1.28 bits per heavy atom. The van der Waals surface area contributed by atoms with Crippen LogP contribution < -0.4 is 5.32 Å². The summed E-state index contributed by atoms with van der Waals surface area (Å²) < 4.78 is 0. The molecule has 18 heavy (non-hydrogen) atoms. The van der Waals surface area contributed by atoms with E-state index < -0.39 is 11.5 Å². The second-order valence-electron chi connectivity index (χ2n) is 5.19. The highest BCUT2D eigenvalue weighted by Gasteiger charge is 2.51. The lowest BCUT2D eigenvalue weighted by atomic mass is 10.1. The fraction of sp³-hybridized carbons (Fsp3) is 0.571. The zero-order chi connectivity index (χ0) is 13.8. The molecule has 0 aliphatic heterocycles. The molecule has 0 bridgehead atoms. The summed E-state index contributed by atoms with van der Waals surface area (Å²) >= 11 is 0. The van der Waals surface area contributed by atoms with Gasteiger partial charge in [0.2, 0.25) is 5.91 Å². The van der Waals surface area contributed by atoms with Gasteiger partial charge in [-0.3, -0.25) is 4.79 Å². The second kappa shape index (κ2) is 5.85. The molecule has 0 aromatic heterocycles. The summed E-state index contributed by atoms with van der Waals surface area (Å²) in [5.74, 6) is -1.24. The molecule has 0 radical (unpaired) electrons. The molecule has 1 saturated carbocycles. The van der Waals surface area contributed by atoms with Gasteiger partial charge in [0.25, 0.3) is 0 Å². The lowest BCUT2D eigenvalue weighted by molar-refractivity contribution is -0.142. The number of nitrogens with one attached hydrogen (secondary N) is 1. The maximum Gasteiger partial charge on any atom is 0.329 e. The highest BCUT2D eigenvalue weighted by Crippen LogP contribution is 2.35. The molecule has 0 heterocycles. The van der Waals surface area contributed by atoms with Crippen LogP contribution in [0.1, 0.15) is 46.5 Å². The average molecular weight is 251 g/mol. The Morgan fingerprint density at radius 2 is 1.89 bits per heavy atom. The van der Waals surface area contributed by atoms with Gasteiger partial charge in [-0.25, -0.2) is 4.79 Å². The first kappa shape index (κ1) is 14.5. The molecule has 1 fully saturated rings. The minimum absolute atomic E-state index is 0.301. The smallest absolute Gasteiger partial charge is 0.329 e. The van der Waals surface area contributed by atoms with Gasteiger partial charge in [-0.15, -0.1) is 0 Å². The molecule has 0 spiro atoms. The van der Waals surface area contributed by atoms with E-state index in [1.165, 1.54) is 11.6 Å². The van der Waals surface area contributed by atoms with Crippen molar-refractivity contribution in [2.75, 3.05) is 0 Å². The number of carboxylic acid groups (broad SMARTS) is 1. The zero-order valence-corrected chi connectivity index (χ0v) is 11.2. The van der Waals surface area contributed by atoms with Crippen molar-refractivity contribution < 1.29 is 14.7 Å². The Labute approximate surface area is 108 Å². The van der Waals surface area contributed by atoms with Crippen LogP contribution >= 0.6 is 0 Å². The molecule has 0 saturated heterocycles. The number of carbonyl (C=O) groups excluding carboxylic acids is 1. The maximum absolute atomic E-state index is 11.6. The lowest BCUT2D eigenvalue weighted by Crippen LogP contribution is -2.42. The minimum Gasteiger partial charge on any atom is -0.480 e. The standard InChI is InChI=1S/C14H21NO3/c1-10(2)5-4-6-11(3)9-12(16)15-14(7-8-14)13(17)18/h5,9H,4,6-8H2,1-3H3,(H,15,16)(H,17,18). The molecule has 1 aliphatic rings. The first-order valence-corrected chi connectivity index (χ1v) is 6.22. The SMILES string of the molecule is CC(C)=CCCC(C)=CC(=O)NC1(C(=O)O)CC1. The van der Waals surface area contributed by atoms with E-state index in [2.05, 4.69) is 11.4 Å². The molecule has 1 rings (SSSR count). The predicted molar refractivity (Wildman–Crippen MR) is 70.2 cm³/mol. The molecule has 0 aromatic carbocycles. The van der Waals surface area contributed by atoms with Crippen LogP contribution in [0.3, 0.4) is 0 Å². The van der Waals surface area contributed by atoms with E-state index in [0.717, 1.165) is 18.4 Å². The molecule has 0 aromatic rings. The average Bonchev–Trinajstić information content (AvgIpc) is 2.97. The van der Waals surface area contributed by atoms with Crippen molar-refractivity contribution in [3.05, 3.63) is 23.3 Å². The number of aliphatic carboxylic acids is 1. The Morgan fingerprint density at radius 3 is 2.33 bits per heavy atom. The number of allylic oxidation sites excluding steroid dienone is 3. The topological polar surface area (TPSA) is 66.4 Å². The fourth-order valence-electron chi connectivity index (χ4n) is 1.67. The lowest BCUT2D eigenvalue weighted by Gasteiger charge is -2.10. The third-order valence-electron chi connectivity index (χ3n) is 2.99. The van der Waals surface area contributed by atoms with E-state index in [0.29, 0.717) is 12.8 Å². The van der Waals surface area contributed by atoms with Crippen LogP contribution in [0.4, 0.5) is 0 Å². The van der Waals surface area contributed by atoms with Crippen molar-refractivity contribution in [2.45, 2.75) is 52.0 Å². The highest BCUT2D eigenvalue weighted by atomic mass is 16.4. The van der Waals surface area contributed by atoms with Gasteiger partial charge in [0.05, 0.1) is 0 Å². The Kier molecular flexibility index (Phi) is 4.70. The predicted octanol–water partition coefficient (Wildman–Crippen LogP) is 2.41. The third-order valence-corrected chi connectivity index (χ3v) is 2.99. The van der Waals surface area contributed by atoms with Crippen LogP contribution in [0, 0.1) is 0 Å². The maximum atomic E-state index is 11.6. The van der Waals surface area contributed by atoms with Crippen LogP contribution in [0.5, 0.6) is 0 Å². The van der Waals surface area contributed by atoms with Gasteiger partial charge < -0.3 is 10.4 Å². The Hall–Kier alpha value is -1.58. The van der Waals surface area contributed by atoms with Crippen molar-refractivity contribution in [3.8, 4) is 0 Å². The van der Waals surface area contributed by atoms with E-state index in [-0.39, 0.29) is 5.91 Å². The quantitative estimate of drug-likeness (QED) is 0.562. The van der Waals surface area contributed by atoms with Crippen molar-refractivity contribution >= 4 is 11.9 Å². The van der Waals surface area contributed by atoms with E-state index >= 15 is 0 Å². The zero-order valence-electron chi connectivity index (χ0n) is 11.2. The van der Waals surface area contributed by atoms with E-state index in [9.17, 15) is 9.59 Å². The van der Waals surface area contributed by atoms with E-state index in [1.54, 1.807) is 0 Å². The summed E-state index contributed by atoms with van der Waals surface area (Å²) in [6.07, 6.45) is 6.40. The third kappa shape index (κ3) is 4.35. The van der Waals surface area contributed by atoms with Crippen LogP contribution in [0.2, 0.25) is 0 Å². The van der Waals surface area contributed by atoms with Gasteiger partial charge in [0, 0.05) is 6.08 Å². The van der Waals surface area contributed by atoms with Crippen molar-refractivity contribution in [3.63, 3.8) is 0 Å². The fourth-order valence-corrected chi connectivity index (χ4v) is 1.67. The van der Waals surface area contributed by atoms with Crippen molar-refractivity contribution in [1.82, 2.24) is 5.32 Å². The molecule has 1 amide bonds. The Balaban J connectivity index is 2.43. The van der Waals surface area contributed by atoms with Gasteiger partial charge in [0.1, 0.15) is 5.54 Å². The summed E-state index contributed by atoms with van der Waals surface area (Å²) in [7, 11) is 0. The molecule has 0 atom stereocenters. The van der Waals surface area contributed by atoms with Gasteiger partial charge in [-0.2, -0.15) is 0 Å². The summed E-state index contributed by atoms with van der Waals surface area (Å²) in [4.78, 5) is 22.6. The molecule has 1 aliphatic carbocycles. The number of hydrogen-bond acceptors (Lipinski definition) is 2. The molecule has 4 heteroatoms. The number of carboxylic acids is 1. The molecular weight excluding hydrogens is 230 g/mol. The van der Waals surface area contributed by atoms with E-state index in [4.69, 9.17) is 5.11 Å². The van der Waals surface area contributed by atoms with Gasteiger partial charge in [-0.1, -0.05) is 17.2 Å². The van der Waals surface area contributed by atoms with Gasteiger partial charge in [0.15, 0.2) is 0 Å². The van der Waals surface area contributed by atoms with Crippen LogP contribution in [0.15, 0.2) is 23.3 Å². The van der Waals surface area contributed by atoms with Crippen LogP contribution in [-0.2, 0) is 9.59 Å². The first-order valence-electron chi connectivity index (χ1n) is 6.22. The van der Waals surface area contributed by atoms with Crippen LogP contribution in [-0.4, -0.2) is 22.5 Å². The van der Waals surface area contributed by atoms with E-state index in [1.807, 2.05) is 20.8 Å². The molecule has 4 nitrogen and oxygen atoms in total. The normalized spacial score (nSPS) is 16.9. The number of rotatable bonds is 6. The highest BCUT2D eigenvalue weighted by molar-refractivity contribution is 5.94. The first-order chi connectivity index (χ1) is 8.35. The van der Waals surface area contributed by atoms with Gasteiger partial charge in [-0.05, 0) is 46.5 Å². The summed E-state index contributed by atoms with van der Waals surface area (Å²) in [6.45, 7) is 5.96. The number of hydrogen-bond donors (Lipinski definition) is 2.